The summed E-state index contributed by atoms with van der Waals surface area (Å²) in [6.07, 6.45) is 3.74. The molecule has 3 atom stereocenters. The monoisotopic (exact) mass is 184 g/mol. The van der Waals surface area contributed by atoms with Crippen molar-refractivity contribution in [1.29, 1.82) is 0 Å². The van der Waals surface area contributed by atoms with Crippen LogP contribution in [0.25, 0.3) is 0 Å². The largest absolute Gasteiger partial charge is 0.460 e. The Bertz CT molecular complexity index is 200. The predicted molar refractivity (Wildman–Crippen MR) is 49.3 cm³/mol. The van der Waals surface area contributed by atoms with Crippen molar-refractivity contribution in [2.24, 2.45) is 0 Å². The van der Waals surface area contributed by atoms with E-state index in [1.165, 1.54) is 6.08 Å². The summed E-state index contributed by atoms with van der Waals surface area (Å²) < 4.78 is 10.2. The SMILES string of the molecule is C=CC(=O)OC(C)CCC1OC1C. The van der Waals surface area contributed by atoms with Crippen LogP contribution in [-0.4, -0.2) is 24.3 Å². The predicted octanol–water partition coefficient (Wildman–Crippen LogP) is 1.67. The lowest BCUT2D eigenvalue weighted by atomic mass is 10.1. The Labute approximate surface area is 78.7 Å². The van der Waals surface area contributed by atoms with Gasteiger partial charge in [-0.2, -0.15) is 0 Å². The van der Waals surface area contributed by atoms with Gasteiger partial charge in [0.05, 0.1) is 18.3 Å². The number of rotatable bonds is 5. The van der Waals surface area contributed by atoms with Crippen molar-refractivity contribution in [3.05, 3.63) is 12.7 Å². The Hall–Kier alpha value is -0.830. The van der Waals surface area contributed by atoms with Gasteiger partial charge in [0.25, 0.3) is 0 Å². The molecule has 0 radical (unpaired) electrons. The summed E-state index contributed by atoms with van der Waals surface area (Å²) in [5, 5.41) is 0. The van der Waals surface area contributed by atoms with Crippen molar-refractivity contribution in [3.63, 3.8) is 0 Å². The molecule has 0 bridgehead atoms. The van der Waals surface area contributed by atoms with Gasteiger partial charge in [-0.15, -0.1) is 0 Å². The Balaban J connectivity index is 2.07. The molecule has 74 valence electrons. The van der Waals surface area contributed by atoms with Crippen molar-refractivity contribution in [3.8, 4) is 0 Å². The molecule has 1 heterocycles. The van der Waals surface area contributed by atoms with E-state index >= 15 is 0 Å². The van der Waals surface area contributed by atoms with Gasteiger partial charge in [-0.1, -0.05) is 6.58 Å². The minimum atomic E-state index is -0.350. The van der Waals surface area contributed by atoms with E-state index in [1.54, 1.807) is 0 Å². The maximum Gasteiger partial charge on any atom is 0.330 e. The van der Waals surface area contributed by atoms with Crippen molar-refractivity contribution in [1.82, 2.24) is 0 Å². The van der Waals surface area contributed by atoms with Crippen LogP contribution in [0.15, 0.2) is 12.7 Å². The first-order valence-electron chi connectivity index (χ1n) is 4.62. The van der Waals surface area contributed by atoms with Crippen molar-refractivity contribution < 1.29 is 14.3 Å². The highest BCUT2D eigenvalue weighted by Gasteiger charge is 2.33. The summed E-state index contributed by atoms with van der Waals surface area (Å²) in [4.78, 5) is 10.8. The summed E-state index contributed by atoms with van der Waals surface area (Å²) in [7, 11) is 0. The van der Waals surface area contributed by atoms with Gasteiger partial charge in [0.15, 0.2) is 0 Å². The van der Waals surface area contributed by atoms with Gasteiger partial charge >= 0.3 is 5.97 Å². The number of hydrogen-bond acceptors (Lipinski definition) is 3. The highest BCUT2D eigenvalue weighted by Crippen LogP contribution is 2.26. The van der Waals surface area contributed by atoms with Crippen LogP contribution in [0, 0.1) is 0 Å². The first-order chi connectivity index (χ1) is 6.13. The normalized spacial score (nSPS) is 27.8. The van der Waals surface area contributed by atoms with Gasteiger partial charge < -0.3 is 9.47 Å². The molecular weight excluding hydrogens is 168 g/mol. The molecule has 13 heavy (non-hydrogen) atoms. The zero-order chi connectivity index (χ0) is 9.84. The van der Waals surface area contributed by atoms with Gasteiger partial charge in [0.1, 0.15) is 0 Å². The Morgan fingerprint density at radius 2 is 2.38 bits per heavy atom. The van der Waals surface area contributed by atoms with E-state index < -0.39 is 0 Å². The zero-order valence-corrected chi connectivity index (χ0v) is 8.16. The topological polar surface area (TPSA) is 38.8 Å². The van der Waals surface area contributed by atoms with E-state index in [0.717, 1.165) is 12.8 Å². The second-order valence-electron chi connectivity index (χ2n) is 3.41. The van der Waals surface area contributed by atoms with Gasteiger partial charge in [-0.3, -0.25) is 0 Å². The first-order valence-corrected chi connectivity index (χ1v) is 4.62. The summed E-state index contributed by atoms with van der Waals surface area (Å²) in [5.41, 5.74) is 0. The first kappa shape index (κ1) is 10.3. The minimum Gasteiger partial charge on any atom is -0.460 e. The van der Waals surface area contributed by atoms with E-state index in [-0.39, 0.29) is 12.1 Å². The van der Waals surface area contributed by atoms with Gasteiger partial charge in [-0.05, 0) is 26.7 Å². The standard InChI is InChI=1S/C10H16O3/c1-4-10(11)12-7(2)5-6-9-8(3)13-9/h4,7-9H,1,5-6H2,2-3H3. The van der Waals surface area contributed by atoms with Crippen LogP contribution in [0.1, 0.15) is 26.7 Å². The van der Waals surface area contributed by atoms with E-state index in [1.807, 2.05) is 13.8 Å². The fourth-order valence-electron chi connectivity index (χ4n) is 1.24. The fourth-order valence-corrected chi connectivity index (χ4v) is 1.24. The molecule has 3 heteroatoms. The lowest BCUT2D eigenvalue weighted by Gasteiger charge is -2.10. The molecule has 1 aliphatic heterocycles. The third kappa shape index (κ3) is 3.59. The number of carbonyl (C=O) groups excluding carboxylic acids is 1. The van der Waals surface area contributed by atoms with Crippen molar-refractivity contribution in [2.75, 3.05) is 0 Å². The summed E-state index contributed by atoms with van der Waals surface area (Å²) in [5.74, 6) is -0.350. The maximum absolute atomic E-state index is 10.8. The van der Waals surface area contributed by atoms with E-state index in [0.29, 0.717) is 12.2 Å². The Morgan fingerprint density at radius 3 is 2.85 bits per heavy atom. The molecule has 0 saturated carbocycles. The maximum atomic E-state index is 10.8. The molecule has 0 aliphatic carbocycles. The number of ether oxygens (including phenoxy) is 2. The van der Waals surface area contributed by atoms with E-state index in [9.17, 15) is 4.79 Å². The van der Waals surface area contributed by atoms with Crippen LogP contribution in [0.4, 0.5) is 0 Å². The minimum absolute atomic E-state index is 0.0399. The molecule has 0 aromatic carbocycles. The Kier molecular flexibility index (Phi) is 3.48. The Morgan fingerprint density at radius 1 is 1.77 bits per heavy atom. The highest BCUT2D eigenvalue weighted by molar-refractivity contribution is 5.81. The number of hydrogen-bond donors (Lipinski definition) is 0. The molecule has 0 N–H and O–H groups in total. The highest BCUT2D eigenvalue weighted by atomic mass is 16.6. The molecule has 1 aliphatic rings. The zero-order valence-electron chi connectivity index (χ0n) is 8.16. The quantitative estimate of drug-likeness (QED) is 0.370. The van der Waals surface area contributed by atoms with Crippen LogP contribution in [0.5, 0.6) is 0 Å². The average Bonchev–Trinajstić information content (AvgIpc) is 2.78. The fraction of sp³-hybridized carbons (Fsp3) is 0.700. The molecular formula is C10H16O3. The number of epoxide rings is 1. The summed E-state index contributed by atoms with van der Waals surface area (Å²) in [6, 6.07) is 0. The summed E-state index contributed by atoms with van der Waals surface area (Å²) >= 11 is 0. The summed E-state index contributed by atoms with van der Waals surface area (Å²) in [6.45, 7) is 7.26. The van der Waals surface area contributed by atoms with Crippen LogP contribution in [0.3, 0.4) is 0 Å². The molecule has 0 aromatic rings. The lowest BCUT2D eigenvalue weighted by molar-refractivity contribution is -0.142. The van der Waals surface area contributed by atoms with Crippen molar-refractivity contribution >= 4 is 5.97 Å². The van der Waals surface area contributed by atoms with Crippen LogP contribution >= 0.6 is 0 Å². The molecule has 3 nitrogen and oxygen atoms in total. The average molecular weight is 184 g/mol. The second-order valence-corrected chi connectivity index (χ2v) is 3.41. The second kappa shape index (κ2) is 4.42. The lowest BCUT2D eigenvalue weighted by Crippen LogP contribution is -2.13. The molecule has 0 spiro atoms. The van der Waals surface area contributed by atoms with Gasteiger partial charge in [0, 0.05) is 6.08 Å². The van der Waals surface area contributed by atoms with Crippen LogP contribution < -0.4 is 0 Å². The third-order valence-electron chi connectivity index (χ3n) is 2.18. The molecule has 3 unspecified atom stereocenters. The van der Waals surface area contributed by atoms with E-state index in [4.69, 9.17) is 9.47 Å². The van der Waals surface area contributed by atoms with Crippen molar-refractivity contribution in [2.45, 2.75) is 45.0 Å². The van der Waals surface area contributed by atoms with E-state index in [2.05, 4.69) is 6.58 Å². The van der Waals surface area contributed by atoms with Gasteiger partial charge in [0.2, 0.25) is 0 Å². The van der Waals surface area contributed by atoms with Gasteiger partial charge in [-0.25, -0.2) is 4.79 Å². The molecule has 1 saturated heterocycles. The third-order valence-corrected chi connectivity index (χ3v) is 2.18. The molecule has 0 aromatic heterocycles. The smallest absolute Gasteiger partial charge is 0.330 e. The van der Waals surface area contributed by atoms with Crippen LogP contribution in [-0.2, 0) is 14.3 Å². The molecule has 0 amide bonds. The molecule has 1 rings (SSSR count). The number of esters is 1. The van der Waals surface area contributed by atoms with Crippen LogP contribution in [0.2, 0.25) is 0 Å². The number of carbonyl (C=O) groups is 1. The molecule has 1 fully saturated rings.